The number of phenols is 4. The van der Waals surface area contributed by atoms with E-state index in [0.717, 1.165) is 6.08 Å². The van der Waals surface area contributed by atoms with Gasteiger partial charge in [-0.3, -0.25) is 4.79 Å². The standard InChI is InChI=1S/C17H16O7/c1-23-10-7-12(19)16(15(8-10)24-2)11(18)4-3-9-5-13(20)17(22)14(21)6-9/h3-8,19-22H,1-2H3/b4-3+. The van der Waals surface area contributed by atoms with E-state index in [4.69, 9.17) is 9.47 Å². The van der Waals surface area contributed by atoms with Crippen LogP contribution in [0, 0.1) is 0 Å². The molecule has 2 rings (SSSR count). The number of carbonyl (C=O) groups excluding carboxylic acids is 1. The van der Waals surface area contributed by atoms with Gasteiger partial charge in [0.05, 0.1) is 14.2 Å². The molecule has 0 spiro atoms. The van der Waals surface area contributed by atoms with E-state index < -0.39 is 23.0 Å². The van der Waals surface area contributed by atoms with Gasteiger partial charge in [-0.1, -0.05) is 6.08 Å². The molecular weight excluding hydrogens is 316 g/mol. The molecule has 0 unspecified atom stereocenters. The third-order valence-corrected chi connectivity index (χ3v) is 3.28. The van der Waals surface area contributed by atoms with Crippen LogP contribution < -0.4 is 9.47 Å². The van der Waals surface area contributed by atoms with Gasteiger partial charge in [-0.25, -0.2) is 0 Å². The minimum Gasteiger partial charge on any atom is -0.507 e. The lowest BCUT2D eigenvalue weighted by Crippen LogP contribution is -2.00. The van der Waals surface area contributed by atoms with Gasteiger partial charge in [0, 0.05) is 12.1 Å². The summed E-state index contributed by atoms with van der Waals surface area (Å²) in [5.74, 6) is -2.08. The van der Waals surface area contributed by atoms with Gasteiger partial charge in [-0.05, 0) is 23.8 Å². The third kappa shape index (κ3) is 3.35. The maximum atomic E-state index is 12.3. The SMILES string of the molecule is COc1cc(O)c(C(=O)/C=C/c2cc(O)c(O)c(O)c2)c(OC)c1. The van der Waals surface area contributed by atoms with Crippen molar-refractivity contribution in [3.8, 4) is 34.5 Å². The Bertz CT molecular complexity index is 786. The highest BCUT2D eigenvalue weighted by atomic mass is 16.5. The van der Waals surface area contributed by atoms with Crippen molar-refractivity contribution in [3.63, 3.8) is 0 Å². The molecule has 0 aliphatic carbocycles. The van der Waals surface area contributed by atoms with Crippen molar-refractivity contribution in [2.24, 2.45) is 0 Å². The monoisotopic (exact) mass is 332 g/mol. The lowest BCUT2D eigenvalue weighted by atomic mass is 10.1. The van der Waals surface area contributed by atoms with Gasteiger partial charge < -0.3 is 29.9 Å². The Morgan fingerprint density at radius 3 is 2.08 bits per heavy atom. The van der Waals surface area contributed by atoms with Crippen LogP contribution in [0.5, 0.6) is 34.5 Å². The quantitative estimate of drug-likeness (QED) is 0.377. The molecule has 0 amide bonds. The third-order valence-electron chi connectivity index (χ3n) is 3.28. The Kier molecular flexibility index (Phi) is 4.84. The van der Waals surface area contributed by atoms with Crippen LogP contribution in [-0.4, -0.2) is 40.4 Å². The Morgan fingerprint density at radius 2 is 1.54 bits per heavy atom. The van der Waals surface area contributed by atoms with Crippen molar-refractivity contribution in [1.29, 1.82) is 0 Å². The number of allylic oxidation sites excluding steroid dienone is 1. The maximum Gasteiger partial charge on any atom is 0.200 e. The predicted octanol–water partition coefficient (Wildman–Crippen LogP) is 2.42. The molecule has 2 aromatic rings. The molecule has 2 aromatic carbocycles. The number of phenolic OH excluding ortho intramolecular Hbond substituents is 4. The number of hydrogen-bond donors (Lipinski definition) is 4. The molecule has 0 radical (unpaired) electrons. The van der Waals surface area contributed by atoms with Crippen LogP contribution >= 0.6 is 0 Å². The Morgan fingerprint density at radius 1 is 0.917 bits per heavy atom. The van der Waals surface area contributed by atoms with Crippen LogP contribution in [0.15, 0.2) is 30.3 Å². The van der Waals surface area contributed by atoms with Gasteiger partial charge >= 0.3 is 0 Å². The number of aromatic hydroxyl groups is 4. The van der Waals surface area contributed by atoms with Crippen molar-refractivity contribution >= 4 is 11.9 Å². The van der Waals surface area contributed by atoms with E-state index in [1.165, 1.54) is 44.6 Å². The molecule has 4 N–H and O–H groups in total. The zero-order valence-electron chi connectivity index (χ0n) is 13.0. The fourth-order valence-electron chi connectivity index (χ4n) is 2.08. The lowest BCUT2D eigenvalue weighted by Gasteiger charge is -2.10. The summed E-state index contributed by atoms with van der Waals surface area (Å²) < 4.78 is 10.1. The van der Waals surface area contributed by atoms with E-state index in [-0.39, 0.29) is 22.6 Å². The molecule has 0 atom stereocenters. The normalized spacial score (nSPS) is 10.8. The second-order valence-electron chi connectivity index (χ2n) is 4.83. The largest absolute Gasteiger partial charge is 0.507 e. The number of ketones is 1. The van der Waals surface area contributed by atoms with Crippen LogP contribution in [0.1, 0.15) is 15.9 Å². The fraction of sp³-hybridized carbons (Fsp3) is 0.118. The molecule has 0 aliphatic heterocycles. The van der Waals surface area contributed by atoms with Gasteiger partial charge in [0.25, 0.3) is 0 Å². The average Bonchev–Trinajstić information content (AvgIpc) is 2.56. The highest BCUT2D eigenvalue weighted by Gasteiger charge is 2.17. The number of carbonyl (C=O) groups is 1. The van der Waals surface area contributed by atoms with Gasteiger partial charge in [0.15, 0.2) is 23.0 Å². The summed E-state index contributed by atoms with van der Waals surface area (Å²) in [5, 5.41) is 38.2. The predicted molar refractivity (Wildman–Crippen MR) is 86.0 cm³/mol. The first-order valence-corrected chi connectivity index (χ1v) is 6.79. The molecule has 7 nitrogen and oxygen atoms in total. The van der Waals surface area contributed by atoms with Crippen LogP contribution in [0.4, 0.5) is 0 Å². The highest BCUT2D eigenvalue weighted by Crippen LogP contribution is 2.36. The first-order valence-electron chi connectivity index (χ1n) is 6.79. The summed E-state index contributed by atoms with van der Waals surface area (Å²) >= 11 is 0. The molecule has 0 heterocycles. The van der Waals surface area contributed by atoms with Crippen LogP contribution in [0.25, 0.3) is 6.08 Å². The molecule has 0 fully saturated rings. The molecule has 0 saturated heterocycles. The molecule has 0 aliphatic rings. The molecule has 24 heavy (non-hydrogen) atoms. The van der Waals surface area contributed by atoms with Crippen molar-refractivity contribution in [1.82, 2.24) is 0 Å². The Balaban J connectivity index is 2.36. The molecular formula is C17H16O7. The van der Waals surface area contributed by atoms with Gasteiger partial charge in [-0.15, -0.1) is 0 Å². The second kappa shape index (κ2) is 6.82. The lowest BCUT2D eigenvalue weighted by molar-refractivity contribution is 0.104. The average molecular weight is 332 g/mol. The zero-order valence-corrected chi connectivity index (χ0v) is 13.0. The van der Waals surface area contributed by atoms with E-state index >= 15 is 0 Å². The summed E-state index contributed by atoms with van der Waals surface area (Å²) in [6.07, 6.45) is 2.44. The van der Waals surface area contributed by atoms with Gasteiger partial charge in [0.2, 0.25) is 0 Å². The van der Waals surface area contributed by atoms with Crippen molar-refractivity contribution in [3.05, 3.63) is 41.5 Å². The summed E-state index contributed by atoms with van der Waals surface area (Å²) in [4.78, 5) is 12.3. The van der Waals surface area contributed by atoms with E-state index in [1.807, 2.05) is 0 Å². The maximum absolute atomic E-state index is 12.3. The first kappa shape index (κ1) is 17.0. The van der Waals surface area contributed by atoms with Crippen LogP contribution in [0.2, 0.25) is 0 Å². The molecule has 0 aromatic heterocycles. The minimum atomic E-state index is -0.645. The fourth-order valence-corrected chi connectivity index (χ4v) is 2.08. The highest BCUT2D eigenvalue weighted by molar-refractivity contribution is 6.10. The number of benzene rings is 2. The zero-order chi connectivity index (χ0) is 17.9. The Hall–Kier alpha value is -3.35. The molecule has 0 saturated carbocycles. The Labute approximate surface area is 137 Å². The summed E-state index contributed by atoms with van der Waals surface area (Å²) in [6.45, 7) is 0. The van der Waals surface area contributed by atoms with E-state index in [9.17, 15) is 25.2 Å². The van der Waals surface area contributed by atoms with Crippen LogP contribution in [-0.2, 0) is 0 Å². The summed E-state index contributed by atoms with van der Waals surface area (Å²) in [5.41, 5.74) is 0.227. The van der Waals surface area contributed by atoms with E-state index in [2.05, 4.69) is 0 Å². The van der Waals surface area contributed by atoms with Crippen molar-refractivity contribution in [2.45, 2.75) is 0 Å². The second-order valence-corrected chi connectivity index (χ2v) is 4.83. The number of ether oxygens (including phenoxy) is 2. The first-order chi connectivity index (χ1) is 11.4. The summed E-state index contributed by atoms with van der Waals surface area (Å²) in [7, 11) is 2.77. The van der Waals surface area contributed by atoms with Crippen LogP contribution in [0.3, 0.4) is 0 Å². The topological polar surface area (TPSA) is 116 Å². The van der Waals surface area contributed by atoms with Crippen molar-refractivity contribution in [2.75, 3.05) is 14.2 Å². The molecule has 0 bridgehead atoms. The van der Waals surface area contributed by atoms with Gasteiger partial charge in [0.1, 0.15) is 22.8 Å². The molecule has 7 heteroatoms. The smallest absolute Gasteiger partial charge is 0.200 e. The van der Waals surface area contributed by atoms with E-state index in [0.29, 0.717) is 5.75 Å². The van der Waals surface area contributed by atoms with Gasteiger partial charge in [-0.2, -0.15) is 0 Å². The number of hydrogen-bond acceptors (Lipinski definition) is 7. The number of rotatable bonds is 5. The minimum absolute atomic E-state index is 0.0539. The molecule has 126 valence electrons. The van der Waals surface area contributed by atoms with E-state index in [1.54, 1.807) is 0 Å². The van der Waals surface area contributed by atoms with Crippen molar-refractivity contribution < 1.29 is 34.7 Å². The summed E-state index contributed by atoms with van der Waals surface area (Å²) in [6, 6.07) is 5.08. The number of methoxy groups -OCH3 is 2.